The van der Waals surface area contributed by atoms with Crippen molar-refractivity contribution in [3.63, 3.8) is 0 Å². The molecule has 0 amide bonds. The molecule has 0 bridgehead atoms. The molecular weight excluding hydrogens is 195 g/mol. The highest BCUT2D eigenvalue weighted by molar-refractivity contribution is 5.70. The second-order valence-corrected chi connectivity index (χ2v) is 3.97. The van der Waals surface area contributed by atoms with E-state index in [0.717, 1.165) is 11.1 Å². The number of hydrogen-bond acceptors (Lipinski definition) is 1. The Hall–Kier alpha value is -1.38. The Labute approximate surface area is 88.7 Å². The van der Waals surface area contributed by atoms with Gasteiger partial charge >= 0.3 is 5.97 Å². The molecule has 0 aromatic heterocycles. The van der Waals surface area contributed by atoms with Crippen LogP contribution in [0.2, 0.25) is 0 Å². The Balaban J connectivity index is 2.95. The fraction of sp³-hybridized carbons (Fsp3) is 0.417. The molecule has 0 saturated heterocycles. The van der Waals surface area contributed by atoms with Crippen LogP contribution >= 0.6 is 0 Å². The highest BCUT2D eigenvalue weighted by atomic mass is 19.1. The van der Waals surface area contributed by atoms with Crippen molar-refractivity contribution in [3.05, 3.63) is 34.6 Å². The van der Waals surface area contributed by atoms with Crippen molar-refractivity contribution in [2.75, 3.05) is 0 Å². The first-order chi connectivity index (χ1) is 6.91. The van der Waals surface area contributed by atoms with Crippen LogP contribution < -0.4 is 0 Å². The standard InChI is InChI=1S/C12H15FO2/c1-7-6-11(13)8(2)4-10(7)5-9(3)12(14)15/h4,6,9H,5H2,1-3H3,(H,14,15). The van der Waals surface area contributed by atoms with Gasteiger partial charge in [0, 0.05) is 0 Å². The Morgan fingerprint density at radius 1 is 1.40 bits per heavy atom. The van der Waals surface area contributed by atoms with E-state index in [0.29, 0.717) is 12.0 Å². The highest BCUT2D eigenvalue weighted by Gasteiger charge is 2.13. The largest absolute Gasteiger partial charge is 0.481 e. The fourth-order valence-electron chi connectivity index (χ4n) is 1.48. The van der Waals surface area contributed by atoms with Gasteiger partial charge in [-0.25, -0.2) is 4.39 Å². The number of hydrogen-bond donors (Lipinski definition) is 1. The second-order valence-electron chi connectivity index (χ2n) is 3.97. The lowest BCUT2D eigenvalue weighted by atomic mass is 9.96. The van der Waals surface area contributed by atoms with Crippen LogP contribution in [0.15, 0.2) is 12.1 Å². The number of rotatable bonds is 3. The average molecular weight is 210 g/mol. The fourth-order valence-corrected chi connectivity index (χ4v) is 1.48. The van der Waals surface area contributed by atoms with E-state index in [4.69, 9.17) is 5.11 Å². The van der Waals surface area contributed by atoms with Gasteiger partial charge in [-0.1, -0.05) is 13.0 Å². The SMILES string of the molecule is Cc1cc(CC(C)C(=O)O)c(C)cc1F. The van der Waals surface area contributed by atoms with E-state index in [-0.39, 0.29) is 5.82 Å². The van der Waals surface area contributed by atoms with Crippen LogP contribution in [-0.2, 0) is 11.2 Å². The third-order valence-electron chi connectivity index (χ3n) is 2.56. The minimum atomic E-state index is -0.823. The van der Waals surface area contributed by atoms with Gasteiger partial charge in [-0.05, 0) is 43.0 Å². The molecule has 1 N–H and O–H groups in total. The van der Waals surface area contributed by atoms with Gasteiger partial charge in [0.05, 0.1) is 5.92 Å². The molecule has 0 radical (unpaired) electrons. The van der Waals surface area contributed by atoms with E-state index in [1.165, 1.54) is 6.07 Å². The maximum Gasteiger partial charge on any atom is 0.306 e. The predicted molar refractivity (Wildman–Crippen MR) is 56.4 cm³/mol. The molecule has 1 aromatic carbocycles. The quantitative estimate of drug-likeness (QED) is 0.832. The van der Waals surface area contributed by atoms with Gasteiger partial charge in [-0.2, -0.15) is 0 Å². The highest BCUT2D eigenvalue weighted by Crippen LogP contribution is 2.18. The third kappa shape index (κ3) is 2.78. The van der Waals surface area contributed by atoms with E-state index in [1.807, 2.05) is 0 Å². The Bertz CT molecular complexity index is 385. The first-order valence-corrected chi connectivity index (χ1v) is 4.90. The molecular formula is C12H15FO2. The number of carboxylic acids is 1. The summed E-state index contributed by atoms with van der Waals surface area (Å²) < 4.78 is 13.1. The summed E-state index contributed by atoms with van der Waals surface area (Å²) in [4.78, 5) is 10.7. The van der Waals surface area contributed by atoms with Gasteiger partial charge in [-0.3, -0.25) is 4.79 Å². The lowest BCUT2D eigenvalue weighted by molar-refractivity contribution is -0.141. The predicted octanol–water partition coefficient (Wildman–Crippen LogP) is 2.71. The van der Waals surface area contributed by atoms with Crippen molar-refractivity contribution in [1.82, 2.24) is 0 Å². The summed E-state index contributed by atoms with van der Waals surface area (Å²) in [6.45, 7) is 5.14. The second kappa shape index (κ2) is 4.43. The molecule has 0 fully saturated rings. The smallest absolute Gasteiger partial charge is 0.306 e. The van der Waals surface area contributed by atoms with Crippen molar-refractivity contribution >= 4 is 5.97 Å². The molecule has 1 aromatic rings. The molecule has 0 aliphatic rings. The molecule has 0 spiro atoms. The molecule has 1 rings (SSSR count). The van der Waals surface area contributed by atoms with Crippen LogP contribution in [0, 0.1) is 25.6 Å². The first kappa shape index (κ1) is 11.7. The number of halogens is 1. The van der Waals surface area contributed by atoms with Gasteiger partial charge in [-0.15, -0.1) is 0 Å². The lowest BCUT2D eigenvalue weighted by Gasteiger charge is -2.10. The number of carbonyl (C=O) groups is 1. The minimum absolute atomic E-state index is 0.237. The van der Waals surface area contributed by atoms with Crippen LogP contribution in [0.3, 0.4) is 0 Å². The molecule has 1 atom stereocenters. The molecule has 1 unspecified atom stereocenters. The zero-order chi connectivity index (χ0) is 11.6. The van der Waals surface area contributed by atoms with Crippen LogP contribution in [0.5, 0.6) is 0 Å². The molecule has 82 valence electrons. The Morgan fingerprint density at radius 3 is 2.53 bits per heavy atom. The molecule has 0 aliphatic heterocycles. The zero-order valence-electron chi connectivity index (χ0n) is 9.17. The average Bonchev–Trinajstić information content (AvgIpc) is 2.13. The molecule has 0 aliphatic carbocycles. The summed E-state index contributed by atoms with van der Waals surface area (Å²) >= 11 is 0. The molecule has 0 saturated carbocycles. The maximum atomic E-state index is 13.1. The topological polar surface area (TPSA) is 37.3 Å². The van der Waals surface area contributed by atoms with Crippen molar-refractivity contribution in [2.24, 2.45) is 5.92 Å². The maximum absolute atomic E-state index is 13.1. The number of aryl methyl sites for hydroxylation is 2. The van der Waals surface area contributed by atoms with E-state index in [1.54, 1.807) is 26.8 Å². The van der Waals surface area contributed by atoms with E-state index in [2.05, 4.69) is 0 Å². The third-order valence-corrected chi connectivity index (χ3v) is 2.56. The molecule has 15 heavy (non-hydrogen) atoms. The monoisotopic (exact) mass is 210 g/mol. The van der Waals surface area contributed by atoms with Gasteiger partial charge in [0.2, 0.25) is 0 Å². The number of aliphatic carboxylic acids is 1. The lowest BCUT2D eigenvalue weighted by Crippen LogP contribution is -2.13. The summed E-state index contributed by atoms with van der Waals surface area (Å²) in [7, 11) is 0. The molecule has 0 heterocycles. The van der Waals surface area contributed by atoms with E-state index >= 15 is 0 Å². The van der Waals surface area contributed by atoms with Crippen molar-refractivity contribution < 1.29 is 14.3 Å². The molecule has 2 nitrogen and oxygen atoms in total. The number of carboxylic acid groups (broad SMARTS) is 1. The summed E-state index contributed by atoms with van der Waals surface area (Å²) in [6, 6.07) is 3.18. The van der Waals surface area contributed by atoms with Crippen molar-refractivity contribution in [1.29, 1.82) is 0 Å². The normalized spacial score (nSPS) is 12.5. The zero-order valence-corrected chi connectivity index (χ0v) is 9.17. The Kier molecular flexibility index (Phi) is 3.45. The summed E-state index contributed by atoms with van der Waals surface area (Å²) in [6.07, 6.45) is 0.447. The van der Waals surface area contributed by atoms with Gasteiger partial charge < -0.3 is 5.11 Å². The number of benzene rings is 1. The summed E-state index contributed by atoms with van der Waals surface area (Å²) in [5.74, 6) is -1.50. The van der Waals surface area contributed by atoms with E-state index < -0.39 is 11.9 Å². The molecule has 3 heteroatoms. The van der Waals surface area contributed by atoms with E-state index in [9.17, 15) is 9.18 Å². The van der Waals surface area contributed by atoms with Gasteiger partial charge in [0.15, 0.2) is 0 Å². The summed E-state index contributed by atoms with van der Waals surface area (Å²) in [5.41, 5.74) is 2.28. The first-order valence-electron chi connectivity index (χ1n) is 4.90. The van der Waals surface area contributed by atoms with Crippen LogP contribution in [0.25, 0.3) is 0 Å². The van der Waals surface area contributed by atoms with Crippen molar-refractivity contribution in [3.8, 4) is 0 Å². The minimum Gasteiger partial charge on any atom is -0.481 e. The van der Waals surface area contributed by atoms with Crippen LogP contribution in [-0.4, -0.2) is 11.1 Å². The van der Waals surface area contributed by atoms with Crippen LogP contribution in [0.4, 0.5) is 4.39 Å². The van der Waals surface area contributed by atoms with Crippen LogP contribution in [0.1, 0.15) is 23.6 Å². The summed E-state index contributed by atoms with van der Waals surface area (Å²) in [5, 5.41) is 8.78. The van der Waals surface area contributed by atoms with Crippen molar-refractivity contribution in [2.45, 2.75) is 27.2 Å². The Morgan fingerprint density at radius 2 is 2.00 bits per heavy atom. The van der Waals surface area contributed by atoms with Gasteiger partial charge in [0.1, 0.15) is 5.82 Å². The van der Waals surface area contributed by atoms with Gasteiger partial charge in [0.25, 0.3) is 0 Å².